The lowest BCUT2D eigenvalue weighted by Gasteiger charge is -2.19. The first-order valence-electron chi connectivity index (χ1n) is 9.05. The molecule has 0 atom stereocenters. The average molecular weight is 407 g/mol. The van der Waals surface area contributed by atoms with Gasteiger partial charge in [0, 0.05) is 24.9 Å². The predicted octanol–water partition coefficient (Wildman–Crippen LogP) is 3.58. The fourth-order valence-corrected chi connectivity index (χ4v) is 4.13. The second-order valence-corrected chi connectivity index (χ2v) is 7.77. The minimum absolute atomic E-state index is 0.0365. The van der Waals surface area contributed by atoms with Gasteiger partial charge in [0.15, 0.2) is 0 Å². The molecular weight excluding hydrogens is 380 g/mol. The summed E-state index contributed by atoms with van der Waals surface area (Å²) in [5.74, 6) is 1.07. The molecule has 2 aromatic rings. The van der Waals surface area contributed by atoms with Gasteiger partial charge in [0.25, 0.3) is 0 Å². The van der Waals surface area contributed by atoms with Crippen LogP contribution in [0.4, 0.5) is 5.69 Å². The summed E-state index contributed by atoms with van der Waals surface area (Å²) in [6.45, 7) is 6.59. The highest BCUT2D eigenvalue weighted by molar-refractivity contribution is 7.89. The van der Waals surface area contributed by atoms with Crippen molar-refractivity contribution < 1.29 is 23.0 Å². The number of sulfonamides is 1. The molecule has 0 aromatic heterocycles. The number of phenolic OH excluding ortho intramolecular Hbond substituents is 1. The van der Waals surface area contributed by atoms with Gasteiger partial charge in [-0.3, -0.25) is 4.99 Å². The van der Waals surface area contributed by atoms with Gasteiger partial charge in [0.05, 0.1) is 18.6 Å². The molecule has 1 N–H and O–H groups in total. The van der Waals surface area contributed by atoms with Crippen LogP contribution in [-0.4, -0.2) is 50.9 Å². The van der Waals surface area contributed by atoms with E-state index in [0.717, 1.165) is 0 Å². The molecular formula is C20H26N2O5S. The van der Waals surface area contributed by atoms with Gasteiger partial charge in [-0.15, -0.1) is 0 Å². The highest BCUT2D eigenvalue weighted by Gasteiger charge is 2.22. The summed E-state index contributed by atoms with van der Waals surface area (Å²) in [6, 6.07) is 9.36. The zero-order valence-electron chi connectivity index (χ0n) is 16.5. The zero-order chi connectivity index (χ0) is 20.7. The number of phenols is 1. The quantitative estimate of drug-likeness (QED) is 0.643. The van der Waals surface area contributed by atoms with Crippen molar-refractivity contribution in [2.24, 2.45) is 4.99 Å². The Bertz CT molecular complexity index is 938. The SMILES string of the molecule is CCOc1ccc(S(=O)(=O)N(CC)CC)cc1N=Cc1cc(OC)ccc1O. The van der Waals surface area contributed by atoms with Crippen molar-refractivity contribution in [3.63, 3.8) is 0 Å². The van der Waals surface area contributed by atoms with Crippen molar-refractivity contribution in [2.45, 2.75) is 25.7 Å². The molecule has 0 bridgehead atoms. The molecule has 0 unspecified atom stereocenters. The molecule has 0 spiro atoms. The second-order valence-electron chi connectivity index (χ2n) is 5.83. The molecule has 2 rings (SSSR count). The van der Waals surface area contributed by atoms with Gasteiger partial charge in [-0.1, -0.05) is 13.8 Å². The third-order valence-corrected chi connectivity index (χ3v) is 6.20. The van der Waals surface area contributed by atoms with Gasteiger partial charge in [-0.25, -0.2) is 8.42 Å². The molecule has 0 heterocycles. The first-order valence-corrected chi connectivity index (χ1v) is 10.5. The lowest BCUT2D eigenvalue weighted by atomic mass is 10.2. The van der Waals surface area contributed by atoms with Gasteiger partial charge >= 0.3 is 0 Å². The Labute approximate surface area is 166 Å². The van der Waals surface area contributed by atoms with Gasteiger partial charge < -0.3 is 14.6 Å². The number of hydrogen-bond acceptors (Lipinski definition) is 6. The van der Waals surface area contributed by atoms with Gasteiger partial charge in [-0.2, -0.15) is 4.31 Å². The summed E-state index contributed by atoms with van der Waals surface area (Å²) in [4.78, 5) is 4.51. The summed E-state index contributed by atoms with van der Waals surface area (Å²) in [7, 11) is -2.09. The molecule has 2 aromatic carbocycles. The number of aliphatic imine (C=N–C) groups is 1. The van der Waals surface area contributed by atoms with Crippen molar-refractivity contribution >= 4 is 21.9 Å². The Morgan fingerprint density at radius 1 is 1.11 bits per heavy atom. The Morgan fingerprint density at radius 3 is 2.43 bits per heavy atom. The highest BCUT2D eigenvalue weighted by Crippen LogP contribution is 2.32. The molecule has 0 saturated carbocycles. The van der Waals surface area contributed by atoms with E-state index in [9.17, 15) is 13.5 Å². The number of nitrogens with zero attached hydrogens (tertiary/aromatic N) is 2. The maximum Gasteiger partial charge on any atom is 0.243 e. The predicted molar refractivity (Wildman–Crippen MR) is 110 cm³/mol. The zero-order valence-corrected chi connectivity index (χ0v) is 17.4. The largest absolute Gasteiger partial charge is 0.507 e. The van der Waals surface area contributed by atoms with Gasteiger partial charge in [0.2, 0.25) is 10.0 Å². The minimum atomic E-state index is -3.62. The van der Waals surface area contributed by atoms with Crippen LogP contribution in [0.5, 0.6) is 17.2 Å². The smallest absolute Gasteiger partial charge is 0.243 e. The van der Waals surface area contributed by atoms with Gasteiger partial charge in [0.1, 0.15) is 22.9 Å². The van der Waals surface area contributed by atoms with E-state index in [2.05, 4.69) is 4.99 Å². The molecule has 7 nitrogen and oxygen atoms in total. The highest BCUT2D eigenvalue weighted by atomic mass is 32.2. The second kappa shape index (κ2) is 9.57. The number of ether oxygens (including phenoxy) is 2. The molecule has 0 aliphatic rings. The first-order chi connectivity index (χ1) is 13.4. The fourth-order valence-electron chi connectivity index (χ4n) is 2.65. The van der Waals surface area contributed by atoms with E-state index in [0.29, 0.717) is 42.4 Å². The summed E-state index contributed by atoms with van der Waals surface area (Å²) in [6.07, 6.45) is 1.45. The molecule has 0 radical (unpaired) electrons. The lowest BCUT2D eigenvalue weighted by Crippen LogP contribution is -2.30. The monoisotopic (exact) mass is 406 g/mol. The van der Waals surface area contributed by atoms with E-state index in [4.69, 9.17) is 9.47 Å². The Morgan fingerprint density at radius 2 is 1.82 bits per heavy atom. The standard InChI is InChI=1S/C20H26N2O5S/c1-5-22(6-2)28(24,25)17-9-11-20(27-7-3)18(13-17)21-14-15-12-16(26-4)8-10-19(15)23/h8-14,23H,5-7H2,1-4H3. The number of methoxy groups -OCH3 is 1. The summed E-state index contributed by atoms with van der Waals surface area (Å²) >= 11 is 0. The fraction of sp³-hybridized carbons (Fsp3) is 0.350. The summed E-state index contributed by atoms with van der Waals surface area (Å²) in [5, 5.41) is 10.0. The van der Waals surface area contributed by atoms with Crippen LogP contribution in [-0.2, 0) is 10.0 Å². The number of aromatic hydroxyl groups is 1. The number of hydrogen-bond donors (Lipinski definition) is 1. The van der Waals surface area contributed by atoms with Crippen LogP contribution < -0.4 is 9.47 Å². The minimum Gasteiger partial charge on any atom is -0.507 e. The van der Waals surface area contributed by atoms with Crippen LogP contribution in [0.2, 0.25) is 0 Å². The van der Waals surface area contributed by atoms with Crippen LogP contribution in [0.3, 0.4) is 0 Å². The van der Waals surface area contributed by atoms with Crippen molar-refractivity contribution in [1.82, 2.24) is 4.31 Å². The van der Waals surface area contributed by atoms with E-state index in [-0.39, 0.29) is 10.6 Å². The molecule has 0 amide bonds. The normalized spacial score (nSPS) is 11.9. The van der Waals surface area contributed by atoms with Crippen molar-refractivity contribution in [3.05, 3.63) is 42.0 Å². The van der Waals surface area contributed by atoms with Gasteiger partial charge in [-0.05, 0) is 43.3 Å². The van der Waals surface area contributed by atoms with E-state index < -0.39 is 10.0 Å². The van der Waals surface area contributed by atoms with Crippen molar-refractivity contribution in [2.75, 3.05) is 26.8 Å². The number of benzene rings is 2. The van der Waals surface area contributed by atoms with E-state index in [1.807, 2.05) is 6.92 Å². The Kier molecular flexibility index (Phi) is 7.42. The maximum absolute atomic E-state index is 12.8. The van der Waals surface area contributed by atoms with E-state index in [1.54, 1.807) is 32.0 Å². The Hall–Kier alpha value is -2.58. The summed E-state index contributed by atoms with van der Waals surface area (Å²) in [5.41, 5.74) is 0.802. The Balaban J connectivity index is 2.50. The lowest BCUT2D eigenvalue weighted by molar-refractivity contribution is 0.341. The average Bonchev–Trinajstić information content (AvgIpc) is 2.69. The topological polar surface area (TPSA) is 88.4 Å². The van der Waals surface area contributed by atoms with Crippen LogP contribution in [0.1, 0.15) is 26.3 Å². The molecule has 152 valence electrons. The molecule has 0 saturated heterocycles. The molecule has 0 aliphatic carbocycles. The van der Waals surface area contributed by atoms with Crippen LogP contribution in [0.25, 0.3) is 0 Å². The first kappa shape index (κ1) is 21.7. The third-order valence-electron chi connectivity index (χ3n) is 4.15. The molecule has 28 heavy (non-hydrogen) atoms. The molecule has 0 aliphatic heterocycles. The van der Waals surface area contributed by atoms with Crippen LogP contribution in [0, 0.1) is 0 Å². The maximum atomic E-state index is 12.8. The van der Waals surface area contributed by atoms with Crippen molar-refractivity contribution in [3.8, 4) is 17.2 Å². The summed E-state index contributed by atoms with van der Waals surface area (Å²) < 4.78 is 37.7. The van der Waals surface area contributed by atoms with Crippen LogP contribution >= 0.6 is 0 Å². The molecule has 8 heteroatoms. The van der Waals surface area contributed by atoms with E-state index >= 15 is 0 Å². The van der Waals surface area contributed by atoms with Crippen molar-refractivity contribution in [1.29, 1.82) is 0 Å². The number of rotatable bonds is 9. The van der Waals surface area contributed by atoms with Crippen LogP contribution in [0.15, 0.2) is 46.3 Å². The molecule has 0 fully saturated rings. The third kappa shape index (κ3) is 4.82. The van der Waals surface area contributed by atoms with E-state index in [1.165, 1.54) is 35.8 Å².